The first-order valence-corrected chi connectivity index (χ1v) is 8.83. The standard InChI is InChI=1S/C16H28N4S/c1-11-10-20(7-6-19(11)5)15-18-13-9-16(2,3)8-12(17-4)14(13)21-15/h11-12,17H,6-10H2,1-5H3. The van der Waals surface area contributed by atoms with Gasteiger partial charge < -0.3 is 15.1 Å². The normalized spacial score (nSPS) is 29.5. The molecular formula is C16H28N4S. The van der Waals surface area contributed by atoms with Crippen LogP contribution < -0.4 is 10.2 Å². The van der Waals surface area contributed by atoms with Gasteiger partial charge in [0.05, 0.1) is 5.69 Å². The minimum absolute atomic E-state index is 0.349. The van der Waals surface area contributed by atoms with Crippen molar-refractivity contribution < 1.29 is 0 Å². The van der Waals surface area contributed by atoms with Crippen molar-refractivity contribution in [2.24, 2.45) is 5.41 Å². The molecule has 4 nitrogen and oxygen atoms in total. The van der Waals surface area contributed by atoms with E-state index in [1.807, 2.05) is 11.3 Å². The number of anilines is 1. The fourth-order valence-corrected chi connectivity index (χ4v) is 4.74. The molecule has 3 rings (SSSR count). The SMILES string of the molecule is CNC1CC(C)(C)Cc2nc(N3CCN(C)C(C)C3)sc21. The van der Waals surface area contributed by atoms with Gasteiger partial charge in [-0.15, -0.1) is 0 Å². The molecule has 0 aromatic carbocycles. The number of nitrogens with one attached hydrogen (secondary N) is 1. The van der Waals surface area contributed by atoms with E-state index < -0.39 is 0 Å². The fraction of sp³-hybridized carbons (Fsp3) is 0.812. The lowest BCUT2D eigenvalue weighted by molar-refractivity contribution is 0.234. The van der Waals surface area contributed by atoms with Gasteiger partial charge in [-0.2, -0.15) is 0 Å². The summed E-state index contributed by atoms with van der Waals surface area (Å²) in [5.74, 6) is 0. The van der Waals surface area contributed by atoms with Crippen molar-refractivity contribution in [3.05, 3.63) is 10.6 Å². The number of rotatable bonds is 2. The van der Waals surface area contributed by atoms with Gasteiger partial charge in [0.2, 0.25) is 0 Å². The highest BCUT2D eigenvalue weighted by Crippen LogP contribution is 2.44. The molecule has 1 aromatic heterocycles. The van der Waals surface area contributed by atoms with Gasteiger partial charge in [0.25, 0.3) is 0 Å². The molecule has 21 heavy (non-hydrogen) atoms. The third kappa shape index (κ3) is 2.96. The van der Waals surface area contributed by atoms with Crippen molar-refractivity contribution in [3.63, 3.8) is 0 Å². The first-order valence-electron chi connectivity index (χ1n) is 8.02. The molecule has 2 unspecified atom stereocenters. The van der Waals surface area contributed by atoms with Gasteiger partial charge in [-0.25, -0.2) is 4.98 Å². The molecule has 2 atom stereocenters. The maximum atomic E-state index is 5.01. The average Bonchev–Trinajstić information content (AvgIpc) is 2.83. The Bertz CT molecular complexity index is 510. The molecule has 2 aliphatic rings. The summed E-state index contributed by atoms with van der Waals surface area (Å²) in [5.41, 5.74) is 1.68. The Morgan fingerprint density at radius 3 is 2.76 bits per heavy atom. The number of fused-ring (bicyclic) bond motifs is 1. The van der Waals surface area contributed by atoms with E-state index in [2.05, 4.69) is 50.0 Å². The van der Waals surface area contributed by atoms with Crippen molar-refractivity contribution in [2.75, 3.05) is 38.6 Å². The summed E-state index contributed by atoms with van der Waals surface area (Å²) >= 11 is 1.91. The summed E-state index contributed by atoms with van der Waals surface area (Å²) in [6.45, 7) is 10.3. The highest BCUT2D eigenvalue weighted by atomic mass is 32.1. The van der Waals surface area contributed by atoms with Gasteiger partial charge in [0.1, 0.15) is 0 Å². The molecule has 2 heterocycles. The Balaban J connectivity index is 1.85. The predicted octanol–water partition coefficient (Wildman–Crippen LogP) is 2.52. The molecule has 0 amide bonds. The molecule has 0 spiro atoms. The summed E-state index contributed by atoms with van der Waals surface area (Å²) in [6.07, 6.45) is 2.32. The Labute approximate surface area is 132 Å². The number of piperazine rings is 1. The zero-order valence-electron chi connectivity index (χ0n) is 13.9. The van der Waals surface area contributed by atoms with Crippen LogP contribution in [0.15, 0.2) is 0 Å². The van der Waals surface area contributed by atoms with Gasteiger partial charge in [0, 0.05) is 36.6 Å². The van der Waals surface area contributed by atoms with Gasteiger partial charge in [-0.3, -0.25) is 0 Å². The second-order valence-electron chi connectivity index (χ2n) is 7.47. The maximum Gasteiger partial charge on any atom is 0.185 e. The van der Waals surface area contributed by atoms with Crippen LogP contribution in [-0.4, -0.2) is 49.7 Å². The van der Waals surface area contributed by atoms with E-state index in [0.717, 1.165) is 26.1 Å². The molecule has 1 aliphatic carbocycles. The molecule has 118 valence electrons. The van der Waals surface area contributed by atoms with E-state index in [9.17, 15) is 0 Å². The zero-order valence-corrected chi connectivity index (χ0v) is 14.8. The third-order valence-electron chi connectivity index (χ3n) is 5.01. The van der Waals surface area contributed by atoms with Crippen LogP contribution in [0.2, 0.25) is 0 Å². The van der Waals surface area contributed by atoms with Crippen LogP contribution in [0.4, 0.5) is 5.13 Å². The Hall–Kier alpha value is -0.650. The quantitative estimate of drug-likeness (QED) is 0.910. The van der Waals surface area contributed by atoms with Crippen molar-refractivity contribution in [1.29, 1.82) is 0 Å². The number of hydrogen-bond acceptors (Lipinski definition) is 5. The lowest BCUT2D eigenvalue weighted by Crippen LogP contribution is -2.50. The van der Waals surface area contributed by atoms with E-state index in [0.29, 0.717) is 17.5 Å². The molecule has 1 fully saturated rings. The molecule has 0 saturated carbocycles. The average molecular weight is 308 g/mol. The van der Waals surface area contributed by atoms with Crippen LogP contribution >= 0.6 is 11.3 Å². The molecule has 5 heteroatoms. The number of thiazole rings is 1. The van der Waals surface area contributed by atoms with E-state index in [1.165, 1.54) is 22.1 Å². The highest BCUT2D eigenvalue weighted by Gasteiger charge is 2.35. The van der Waals surface area contributed by atoms with Crippen molar-refractivity contribution in [2.45, 2.75) is 45.7 Å². The largest absolute Gasteiger partial charge is 0.345 e. The number of nitrogens with zero attached hydrogens (tertiary/aromatic N) is 3. The van der Waals surface area contributed by atoms with Crippen LogP contribution in [-0.2, 0) is 6.42 Å². The van der Waals surface area contributed by atoms with E-state index in [1.54, 1.807) is 0 Å². The van der Waals surface area contributed by atoms with Gasteiger partial charge in [0.15, 0.2) is 5.13 Å². The van der Waals surface area contributed by atoms with Crippen LogP contribution in [0.1, 0.15) is 43.8 Å². The molecule has 1 N–H and O–H groups in total. The molecule has 0 radical (unpaired) electrons. The van der Waals surface area contributed by atoms with Crippen molar-refractivity contribution in [3.8, 4) is 0 Å². The molecule has 0 bridgehead atoms. The molecular weight excluding hydrogens is 280 g/mol. The Morgan fingerprint density at radius 1 is 1.33 bits per heavy atom. The summed E-state index contributed by atoms with van der Waals surface area (Å²) < 4.78 is 0. The Kier molecular flexibility index (Phi) is 4.01. The van der Waals surface area contributed by atoms with E-state index >= 15 is 0 Å². The van der Waals surface area contributed by atoms with Crippen LogP contribution in [0, 0.1) is 5.41 Å². The fourth-order valence-electron chi connectivity index (χ4n) is 3.51. The van der Waals surface area contributed by atoms with E-state index in [4.69, 9.17) is 4.98 Å². The van der Waals surface area contributed by atoms with Crippen LogP contribution in [0.3, 0.4) is 0 Å². The van der Waals surface area contributed by atoms with E-state index in [-0.39, 0.29) is 0 Å². The van der Waals surface area contributed by atoms with Crippen LogP contribution in [0.5, 0.6) is 0 Å². The molecule has 1 aliphatic heterocycles. The maximum absolute atomic E-state index is 5.01. The number of aromatic nitrogens is 1. The molecule has 1 saturated heterocycles. The lowest BCUT2D eigenvalue weighted by Gasteiger charge is -2.37. The topological polar surface area (TPSA) is 31.4 Å². The monoisotopic (exact) mass is 308 g/mol. The van der Waals surface area contributed by atoms with Crippen molar-refractivity contribution >= 4 is 16.5 Å². The summed E-state index contributed by atoms with van der Waals surface area (Å²) in [6, 6.07) is 1.08. The molecule has 1 aromatic rings. The zero-order chi connectivity index (χ0) is 15.2. The first kappa shape index (κ1) is 15.3. The van der Waals surface area contributed by atoms with Gasteiger partial charge in [-0.1, -0.05) is 25.2 Å². The minimum Gasteiger partial charge on any atom is -0.345 e. The smallest absolute Gasteiger partial charge is 0.185 e. The van der Waals surface area contributed by atoms with Gasteiger partial charge >= 0.3 is 0 Å². The second-order valence-corrected chi connectivity index (χ2v) is 8.48. The second kappa shape index (κ2) is 5.52. The number of hydrogen-bond donors (Lipinski definition) is 1. The highest BCUT2D eigenvalue weighted by molar-refractivity contribution is 7.15. The predicted molar refractivity (Wildman–Crippen MR) is 90.3 cm³/mol. The Morgan fingerprint density at radius 2 is 2.10 bits per heavy atom. The number of likely N-dealkylation sites (N-methyl/N-ethyl adjacent to an activating group) is 1. The van der Waals surface area contributed by atoms with Crippen LogP contribution in [0.25, 0.3) is 0 Å². The lowest BCUT2D eigenvalue weighted by atomic mass is 9.76. The third-order valence-corrected chi connectivity index (χ3v) is 6.29. The summed E-state index contributed by atoms with van der Waals surface area (Å²) in [4.78, 5) is 11.4. The summed E-state index contributed by atoms with van der Waals surface area (Å²) in [5, 5.41) is 4.73. The van der Waals surface area contributed by atoms with Crippen molar-refractivity contribution in [1.82, 2.24) is 15.2 Å². The minimum atomic E-state index is 0.349. The first-order chi connectivity index (χ1) is 9.89. The summed E-state index contributed by atoms with van der Waals surface area (Å²) in [7, 11) is 4.29. The van der Waals surface area contributed by atoms with Gasteiger partial charge in [-0.05, 0) is 39.3 Å².